The molecule has 2 aromatic rings. The Kier molecular flexibility index (Phi) is 4.72. The number of rotatable bonds is 4. The average Bonchev–Trinajstić information content (AvgIpc) is 3.03. The summed E-state index contributed by atoms with van der Waals surface area (Å²) in [5.74, 6) is -0.670. The van der Waals surface area contributed by atoms with E-state index in [1.165, 1.54) is 18.8 Å². The lowest BCUT2D eigenvalue weighted by Crippen LogP contribution is -2.40. The van der Waals surface area contributed by atoms with Gasteiger partial charge < -0.3 is 25.3 Å². The molecule has 2 heterocycles. The van der Waals surface area contributed by atoms with Crippen LogP contribution in [0.5, 0.6) is 11.5 Å². The van der Waals surface area contributed by atoms with Crippen LogP contribution in [0.25, 0.3) is 0 Å². The number of nitrogen functional groups attached to an aromatic ring is 1. The van der Waals surface area contributed by atoms with Crippen molar-refractivity contribution in [1.82, 2.24) is 9.97 Å². The minimum Gasteiger partial charge on any atom is -0.451 e. The molecule has 0 atom stereocenters. The topological polar surface area (TPSA) is 126 Å². The summed E-state index contributed by atoms with van der Waals surface area (Å²) in [5, 5.41) is 2.67. The SMILES string of the molecule is Nc1nccnc1C(=O)OCC(=O)Nc1ccc2c(c1)OC1(CCCCC1)O2. The number of esters is 1. The fourth-order valence-electron chi connectivity index (χ4n) is 3.37. The average molecular weight is 384 g/mol. The van der Waals surface area contributed by atoms with Crippen molar-refractivity contribution in [3.05, 3.63) is 36.3 Å². The Hall–Kier alpha value is -3.36. The number of amides is 1. The van der Waals surface area contributed by atoms with Crippen molar-refractivity contribution in [1.29, 1.82) is 0 Å². The molecule has 1 aliphatic heterocycles. The largest absolute Gasteiger partial charge is 0.451 e. The van der Waals surface area contributed by atoms with E-state index in [1.54, 1.807) is 18.2 Å². The molecule has 0 unspecified atom stereocenters. The van der Waals surface area contributed by atoms with E-state index in [4.69, 9.17) is 19.9 Å². The number of aromatic nitrogens is 2. The summed E-state index contributed by atoms with van der Waals surface area (Å²) in [4.78, 5) is 31.6. The second-order valence-electron chi connectivity index (χ2n) is 6.75. The lowest BCUT2D eigenvalue weighted by Gasteiger charge is -2.31. The molecule has 1 spiro atoms. The van der Waals surface area contributed by atoms with Gasteiger partial charge in [-0.3, -0.25) is 4.79 Å². The van der Waals surface area contributed by atoms with Crippen LogP contribution in [0.3, 0.4) is 0 Å². The molecule has 1 amide bonds. The number of carbonyl (C=O) groups is 2. The third kappa shape index (κ3) is 3.68. The van der Waals surface area contributed by atoms with Gasteiger partial charge in [-0.25, -0.2) is 14.8 Å². The molecule has 0 bridgehead atoms. The molecule has 28 heavy (non-hydrogen) atoms. The molecule has 4 rings (SSSR count). The first-order chi connectivity index (χ1) is 13.5. The van der Waals surface area contributed by atoms with Crippen LogP contribution in [0, 0.1) is 0 Å². The quantitative estimate of drug-likeness (QED) is 0.769. The van der Waals surface area contributed by atoms with Gasteiger partial charge in [0.25, 0.3) is 11.7 Å². The van der Waals surface area contributed by atoms with Gasteiger partial charge in [0.05, 0.1) is 0 Å². The fourth-order valence-corrected chi connectivity index (χ4v) is 3.37. The molecule has 2 aliphatic rings. The Morgan fingerprint density at radius 1 is 1.11 bits per heavy atom. The normalized spacial score (nSPS) is 16.6. The third-order valence-electron chi connectivity index (χ3n) is 4.69. The van der Waals surface area contributed by atoms with Crippen molar-refractivity contribution >= 4 is 23.4 Å². The predicted octanol–water partition coefficient (Wildman–Crippen LogP) is 2.29. The number of hydrogen-bond donors (Lipinski definition) is 2. The van der Waals surface area contributed by atoms with Crippen LogP contribution in [0.1, 0.15) is 42.6 Å². The monoisotopic (exact) mass is 384 g/mol. The number of ether oxygens (including phenoxy) is 3. The number of fused-ring (bicyclic) bond motifs is 1. The maximum atomic E-state index is 12.1. The van der Waals surface area contributed by atoms with Gasteiger partial charge in [-0.1, -0.05) is 6.42 Å². The van der Waals surface area contributed by atoms with Gasteiger partial charge in [-0.15, -0.1) is 0 Å². The van der Waals surface area contributed by atoms with Crippen LogP contribution in [0.4, 0.5) is 11.5 Å². The zero-order chi connectivity index (χ0) is 19.6. The minimum absolute atomic E-state index is 0.0553. The highest BCUT2D eigenvalue weighted by atomic mass is 16.7. The molecule has 1 saturated carbocycles. The molecular formula is C19H20N4O5. The van der Waals surface area contributed by atoms with E-state index in [0.717, 1.165) is 25.7 Å². The number of nitrogens with one attached hydrogen (secondary N) is 1. The van der Waals surface area contributed by atoms with Gasteiger partial charge >= 0.3 is 5.97 Å². The number of anilines is 2. The van der Waals surface area contributed by atoms with Crippen molar-refractivity contribution < 1.29 is 23.8 Å². The van der Waals surface area contributed by atoms with Gasteiger partial charge in [-0.05, 0) is 25.0 Å². The van der Waals surface area contributed by atoms with Crippen LogP contribution in [0.15, 0.2) is 30.6 Å². The minimum atomic E-state index is -0.814. The van der Waals surface area contributed by atoms with Crippen LogP contribution in [0.2, 0.25) is 0 Å². The van der Waals surface area contributed by atoms with E-state index < -0.39 is 24.3 Å². The van der Waals surface area contributed by atoms with Crippen molar-refractivity contribution in [2.75, 3.05) is 17.7 Å². The summed E-state index contributed by atoms with van der Waals surface area (Å²) in [6.07, 6.45) is 7.70. The van der Waals surface area contributed by atoms with E-state index >= 15 is 0 Å². The third-order valence-corrected chi connectivity index (χ3v) is 4.69. The Balaban J connectivity index is 1.34. The standard InChI is InChI=1S/C19H20N4O5/c20-17-16(21-8-9-22-17)18(25)26-11-15(24)23-12-4-5-13-14(10-12)28-19(27-13)6-2-1-3-7-19/h4-5,8-10H,1-3,6-7,11H2,(H2,20,22)(H,23,24). The Morgan fingerprint density at radius 2 is 1.86 bits per heavy atom. The summed E-state index contributed by atoms with van der Waals surface area (Å²) in [6.45, 7) is -0.479. The Morgan fingerprint density at radius 3 is 2.64 bits per heavy atom. The molecule has 1 aliphatic carbocycles. The van der Waals surface area contributed by atoms with Gasteiger partial charge in [0.15, 0.2) is 29.6 Å². The number of benzene rings is 1. The van der Waals surface area contributed by atoms with Crippen LogP contribution < -0.4 is 20.5 Å². The maximum Gasteiger partial charge on any atom is 0.361 e. The first kappa shape index (κ1) is 18.0. The second-order valence-corrected chi connectivity index (χ2v) is 6.75. The van der Waals surface area contributed by atoms with Crippen molar-refractivity contribution in [3.63, 3.8) is 0 Å². The van der Waals surface area contributed by atoms with Crippen molar-refractivity contribution in [2.24, 2.45) is 0 Å². The Bertz CT molecular complexity index is 911. The van der Waals surface area contributed by atoms with E-state index in [0.29, 0.717) is 17.2 Å². The summed E-state index contributed by atoms with van der Waals surface area (Å²) < 4.78 is 17.0. The predicted molar refractivity (Wildman–Crippen MR) is 98.9 cm³/mol. The molecule has 0 radical (unpaired) electrons. The molecule has 9 heteroatoms. The maximum absolute atomic E-state index is 12.1. The highest BCUT2D eigenvalue weighted by molar-refractivity contribution is 5.96. The van der Waals surface area contributed by atoms with Crippen molar-refractivity contribution in [2.45, 2.75) is 37.9 Å². The number of nitrogens with two attached hydrogens (primary N) is 1. The lowest BCUT2D eigenvalue weighted by molar-refractivity contribution is -0.119. The van der Waals surface area contributed by atoms with Gasteiger partial charge in [0.2, 0.25) is 0 Å². The van der Waals surface area contributed by atoms with Gasteiger partial charge in [-0.2, -0.15) is 0 Å². The summed E-state index contributed by atoms with van der Waals surface area (Å²) in [5.41, 5.74) is 5.96. The van der Waals surface area contributed by atoms with Gasteiger partial charge in [0.1, 0.15) is 0 Å². The fraction of sp³-hybridized carbons (Fsp3) is 0.368. The molecule has 0 saturated heterocycles. The number of carbonyl (C=O) groups excluding carboxylic acids is 2. The molecule has 9 nitrogen and oxygen atoms in total. The molecule has 1 aromatic carbocycles. The first-order valence-electron chi connectivity index (χ1n) is 9.10. The van der Waals surface area contributed by atoms with Crippen LogP contribution >= 0.6 is 0 Å². The highest BCUT2D eigenvalue weighted by Crippen LogP contribution is 2.46. The highest BCUT2D eigenvalue weighted by Gasteiger charge is 2.42. The van der Waals surface area contributed by atoms with Gasteiger partial charge in [0, 0.05) is 37.0 Å². The zero-order valence-electron chi connectivity index (χ0n) is 15.1. The molecular weight excluding hydrogens is 364 g/mol. The van der Waals surface area contributed by atoms with Crippen LogP contribution in [-0.2, 0) is 9.53 Å². The second kappa shape index (κ2) is 7.34. The van der Waals surface area contributed by atoms with E-state index in [2.05, 4.69) is 15.3 Å². The molecule has 3 N–H and O–H groups in total. The molecule has 1 fully saturated rings. The summed E-state index contributed by atoms with van der Waals surface area (Å²) in [6, 6.07) is 5.18. The first-order valence-corrected chi connectivity index (χ1v) is 9.10. The van der Waals surface area contributed by atoms with Crippen molar-refractivity contribution in [3.8, 4) is 11.5 Å². The van der Waals surface area contributed by atoms with E-state index in [1.807, 2.05) is 0 Å². The van der Waals surface area contributed by atoms with Crippen LogP contribution in [-0.4, -0.2) is 34.2 Å². The molecule has 146 valence electrons. The summed E-state index contributed by atoms with van der Waals surface area (Å²) >= 11 is 0. The van der Waals surface area contributed by atoms with E-state index in [-0.39, 0.29) is 11.5 Å². The number of hydrogen-bond acceptors (Lipinski definition) is 8. The smallest absolute Gasteiger partial charge is 0.361 e. The zero-order valence-corrected chi connectivity index (χ0v) is 15.1. The summed E-state index contributed by atoms with van der Waals surface area (Å²) in [7, 11) is 0. The van der Waals surface area contributed by atoms with E-state index in [9.17, 15) is 9.59 Å². The molecule has 1 aromatic heterocycles. The number of nitrogens with zero attached hydrogens (tertiary/aromatic N) is 2. The Labute approximate surface area is 161 Å². The lowest BCUT2D eigenvalue weighted by atomic mass is 9.94.